The average Bonchev–Trinajstić information content (AvgIpc) is 2.86. The number of alkyl carbamates (subject to hydrolysis) is 1. The highest BCUT2D eigenvalue weighted by atomic mass is 16.7. The molecule has 2 aromatic rings. The first-order valence-corrected chi connectivity index (χ1v) is 11.2. The molecule has 0 aliphatic rings. The summed E-state index contributed by atoms with van der Waals surface area (Å²) in [7, 11) is 2.81. The van der Waals surface area contributed by atoms with E-state index in [0.717, 1.165) is 21.1 Å². The molecule has 0 fully saturated rings. The summed E-state index contributed by atoms with van der Waals surface area (Å²) in [5, 5.41) is 12.9. The van der Waals surface area contributed by atoms with Crippen molar-refractivity contribution in [2.75, 3.05) is 14.2 Å². The monoisotopic (exact) mass is 501 g/mol. The fourth-order valence-electron chi connectivity index (χ4n) is 2.91. The molecule has 0 aromatic heterocycles. The van der Waals surface area contributed by atoms with Gasteiger partial charge in [0.05, 0.1) is 19.2 Å². The molecule has 196 valence electrons. The van der Waals surface area contributed by atoms with Gasteiger partial charge in [-0.1, -0.05) is 60.7 Å². The Balaban J connectivity index is 0.000000369. The summed E-state index contributed by atoms with van der Waals surface area (Å²) in [4.78, 5) is 51.5. The normalized spacial score (nSPS) is 10.8. The lowest BCUT2D eigenvalue weighted by Gasteiger charge is -2.37. The first-order valence-electron chi connectivity index (χ1n) is 11.2. The number of nitrogens with one attached hydrogen (secondary N) is 1. The Labute approximate surface area is 211 Å². The third kappa shape index (κ3) is 9.75. The van der Waals surface area contributed by atoms with Gasteiger partial charge < -0.3 is 20.0 Å². The van der Waals surface area contributed by atoms with E-state index in [2.05, 4.69) is 5.32 Å². The minimum absolute atomic E-state index is 0.131. The number of ether oxygens (including phenoxy) is 1. The number of nitrogens with zero attached hydrogens (tertiary/aromatic N) is 2. The summed E-state index contributed by atoms with van der Waals surface area (Å²) in [6, 6.07) is 18.5. The first-order chi connectivity index (χ1) is 16.8. The quantitative estimate of drug-likeness (QED) is 0.395. The molecule has 0 saturated carbocycles. The van der Waals surface area contributed by atoms with Crippen LogP contribution in [0.5, 0.6) is 0 Å². The molecule has 2 N–H and O–H groups in total. The topological polar surface area (TPSA) is 125 Å². The molecule has 0 radical (unpaired) electrons. The highest BCUT2D eigenvalue weighted by Gasteiger charge is 2.40. The van der Waals surface area contributed by atoms with E-state index in [-0.39, 0.29) is 13.2 Å². The standard InChI is InChI=1S/C14H20N2O4.C12H15NO3/c1-14(2,12(17)15(3)20-4)16(13(18)19)10-11-8-6-5-7-9-11;1-12(2,9-14)13-11(15)16-8-10-6-4-3-5-7-10/h5-9H,10H2,1-4H3,(H,18,19);3-7,9H,8H2,1-2H3,(H,13,15). The second-order valence-corrected chi connectivity index (χ2v) is 8.92. The van der Waals surface area contributed by atoms with Crippen LogP contribution in [0.15, 0.2) is 60.7 Å². The van der Waals surface area contributed by atoms with Crippen LogP contribution in [0.4, 0.5) is 9.59 Å². The summed E-state index contributed by atoms with van der Waals surface area (Å²) >= 11 is 0. The van der Waals surface area contributed by atoms with E-state index in [0.29, 0.717) is 6.29 Å². The van der Waals surface area contributed by atoms with Gasteiger partial charge in [0.1, 0.15) is 18.4 Å². The molecule has 0 bridgehead atoms. The predicted molar refractivity (Wildman–Crippen MR) is 134 cm³/mol. The van der Waals surface area contributed by atoms with Gasteiger partial charge in [-0.15, -0.1) is 0 Å². The van der Waals surface area contributed by atoms with Gasteiger partial charge in [0.25, 0.3) is 5.91 Å². The van der Waals surface area contributed by atoms with E-state index >= 15 is 0 Å². The van der Waals surface area contributed by atoms with E-state index in [9.17, 15) is 24.3 Å². The van der Waals surface area contributed by atoms with Crippen molar-refractivity contribution in [3.05, 3.63) is 71.8 Å². The van der Waals surface area contributed by atoms with Crippen molar-refractivity contribution in [2.24, 2.45) is 0 Å². The van der Waals surface area contributed by atoms with E-state index in [4.69, 9.17) is 9.57 Å². The van der Waals surface area contributed by atoms with Crippen LogP contribution in [0.2, 0.25) is 0 Å². The number of amides is 3. The maximum Gasteiger partial charge on any atom is 0.408 e. The second-order valence-electron chi connectivity index (χ2n) is 8.92. The minimum Gasteiger partial charge on any atom is -0.465 e. The molecule has 2 rings (SSSR count). The van der Waals surface area contributed by atoms with Crippen molar-refractivity contribution in [1.82, 2.24) is 15.3 Å². The van der Waals surface area contributed by atoms with Crippen LogP contribution < -0.4 is 5.32 Å². The zero-order valence-electron chi connectivity index (χ0n) is 21.6. The lowest BCUT2D eigenvalue weighted by molar-refractivity contribution is -0.179. The average molecular weight is 502 g/mol. The smallest absolute Gasteiger partial charge is 0.408 e. The molecule has 0 atom stereocenters. The zero-order valence-corrected chi connectivity index (χ0v) is 21.6. The molecule has 0 aliphatic carbocycles. The number of benzene rings is 2. The van der Waals surface area contributed by atoms with Crippen molar-refractivity contribution in [1.29, 1.82) is 0 Å². The molecule has 3 amide bonds. The summed E-state index contributed by atoms with van der Waals surface area (Å²) in [6.45, 7) is 6.64. The van der Waals surface area contributed by atoms with Gasteiger partial charge in [0, 0.05) is 7.05 Å². The van der Waals surface area contributed by atoms with Gasteiger partial charge in [-0.3, -0.25) is 14.5 Å². The van der Waals surface area contributed by atoms with Gasteiger partial charge in [0.2, 0.25) is 0 Å². The third-order valence-electron chi connectivity index (χ3n) is 5.10. The molecular formula is C26H35N3O7. The Morgan fingerprint density at radius 3 is 1.89 bits per heavy atom. The van der Waals surface area contributed by atoms with Gasteiger partial charge >= 0.3 is 12.2 Å². The number of likely N-dealkylation sites (N-methyl/N-ethyl adjacent to an activating group) is 1. The van der Waals surface area contributed by atoms with Crippen LogP contribution in [0.3, 0.4) is 0 Å². The Kier molecular flexibility index (Phi) is 11.6. The highest BCUT2D eigenvalue weighted by molar-refractivity contribution is 5.88. The summed E-state index contributed by atoms with van der Waals surface area (Å²) in [5.74, 6) is -0.432. The van der Waals surface area contributed by atoms with Crippen LogP contribution in [0, 0.1) is 0 Å². The Morgan fingerprint density at radius 2 is 1.44 bits per heavy atom. The van der Waals surface area contributed by atoms with E-state index < -0.39 is 29.2 Å². The van der Waals surface area contributed by atoms with Crippen LogP contribution in [-0.2, 0) is 32.3 Å². The number of carbonyl (C=O) groups is 4. The van der Waals surface area contributed by atoms with Crippen LogP contribution in [0.25, 0.3) is 0 Å². The largest absolute Gasteiger partial charge is 0.465 e. The van der Waals surface area contributed by atoms with Crippen molar-refractivity contribution in [2.45, 2.75) is 51.9 Å². The summed E-state index contributed by atoms with van der Waals surface area (Å²) in [5.41, 5.74) is -0.405. The molecule has 2 aromatic carbocycles. The van der Waals surface area contributed by atoms with Gasteiger partial charge in [0.15, 0.2) is 0 Å². The molecule has 0 saturated heterocycles. The number of hydroxylamine groups is 2. The first kappa shape index (κ1) is 30.1. The number of rotatable bonds is 9. The maximum atomic E-state index is 12.2. The SMILES string of the molecule is CC(C)(C=O)NC(=O)OCc1ccccc1.CON(C)C(=O)C(C)(C)N(Cc1ccccc1)C(=O)O. The van der Waals surface area contributed by atoms with Crippen molar-refractivity contribution in [3.8, 4) is 0 Å². The van der Waals surface area contributed by atoms with Gasteiger partial charge in [-0.2, -0.15) is 0 Å². The molecule has 0 aliphatic heterocycles. The molecule has 0 unspecified atom stereocenters. The molecule has 36 heavy (non-hydrogen) atoms. The summed E-state index contributed by atoms with van der Waals surface area (Å²) < 4.78 is 4.96. The van der Waals surface area contributed by atoms with Gasteiger partial charge in [-0.25, -0.2) is 14.7 Å². The number of carbonyl (C=O) groups excluding carboxylic acids is 3. The Bertz CT molecular complexity index is 995. The van der Waals surface area contributed by atoms with Crippen molar-refractivity contribution in [3.63, 3.8) is 0 Å². The second kappa shape index (κ2) is 13.8. The molecule has 0 heterocycles. The predicted octanol–water partition coefficient (Wildman–Crippen LogP) is 3.86. The summed E-state index contributed by atoms with van der Waals surface area (Å²) in [6.07, 6.45) is -1.09. The van der Waals surface area contributed by atoms with E-state index in [1.165, 1.54) is 14.2 Å². The fourth-order valence-corrected chi connectivity index (χ4v) is 2.91. The van der Waals surface area contributed by atoms with Gasteiger partial charge in [-0.05, 0) is 38.8 Å². The van der Waals surface area contributed by atoms with Crippen molar-refractivity contribution < 1.29 is 33.9 Å². The zero-order chi connectivity index (χ0) is 27.4. The number of hydrogen-bond donors (Lipinski definition) is 2. The molecule has 10 heteroatoms. The number of carboxylic acid groups (broad SMARTS) is 1. The Hall–Kier alpha value is -3.92. The van der Waals surface area contributed by atoms with Crippen molar-refractivity contribution >= 4 is 24.4 Å². The fraction of sp³-hybridized carbons (Fsp3) is 0.385. The molecule has 10 nitrogen and oxygen atoms in total. The van der Waals surface area contributed by atoms with Crippen LogP contribution in [-0.4, -0.2) is 64.7 Å². The number of aldehydes is 1. The Morgan fingerprint density at radius 1 is 0.944 bits per heavy atom. The van der Waals surface area contributed by atoms with E-state index in [1.54, 1.807) is 27.7 Å². The van der Waals surface area contributed by atoms with E-state index in [1.807, 2.05) is 60.7 Å². The molecular weight excluding hydrogens is 466 g/mol. The van der Waals surface area contributed by atoms with Crippen LogP contribution >= 0.6 is 0 Å². The van der Waals surface area contributed by atoms with Crippen LogP contribution in [0.1, 0.15) is 38.8 Å². The number of hydrogen-bond acceptors (Lipinski definition) is 6. The third-order valence-corrected chi connectivity index (χ3v) is 5.10. The maximum absolute atomic E-state index is 12.2. The lowest BCUT2D eigenvalue weighted by atomic mass is 10.0. The lowest BCUT2D eigenvalue weighted by Crippen LogP contribution is -2.56. The minimum atomic E-state index is -1.23. The highest BCUT2D eigenvalue weighted by Crippen LogP contribution is 2.21. The molecule has 0 spiro atoms.